The smallest absolute Gasteiger partial charge is 0.339 e. The average Bonchev–Trinajstić information content (AvgIpc) is 2.87. The van der Waals surface area contributed by atoms with Crippen molar-refractivity contribution in [3.05, 3.63) is 35.4 Å². The molecule has 24 heavy (non-hydrogen) atoms. The highest BCUT2D eigenvalue weighted by molar-refractivity contribution is 5.85. The van der Waals surface area contributed by atoms with Gasteiger partial charge in [0, 0.05) is 18.5 Å². The highest BCUT2D eigenvalue weighted by atomic mass is 35.5. The Bertz CT molecular complexity index is 565. The molecule has 1 aliphatic rings. The van der Waals surface area contributed by atoms with Crippen LogP contribution in [0.25, 0.3) is 0 Å². The summed E-state index contributed by atoms with van der Waals surface area (Å²) in [6.45, 7) is 4.95. The maximum Gasteiger partial charge on any atom is 0.416 e. The SMILES string of the molecule is CC(Cc1cccc(C(F)(F)F)c1)C(=O)N1CC(CN)CC1C.Cl. The lowest BCUT2D eigenvalue weighted by Gasteiger charge is -2.25. The van der Waals surface area contributed by atoms with E-state index in [1.807, 2.05) is 11.8 Å². The van der Waals surface area contributed by atoms with Crippen LogP contribution in [0.1, 0.15) is 31.4 Å². The van der Waals surface area contributed by atoms with Gasteiger partial charge in [-0.2, -0.15) is 13.2 Å². The van der Waals surface area contributed by atoms with Gasteiger partial charge < -0.3 is 10.6 Å². The second-order valence-electron chi connectivity index (χ2n) is 6.48. The molecule has 0 aliphatic carbocycles. The highest BCUT2D eigenvalue weighted by Gasteiger charge is 2.34. The van der Waals surface area contributed by atoms with Gasteiger partial charge in [-0.3, -0.25) is 4.79 Å². The summed E-state index contributed by atoms with van der Waals surface area (Å²) in [5.41, 5.74) is 5.53. The molecule has 7 heteroatoms. The maximum atomic E-state index is 12.8. The first-order valence-electron chi connectivity index (χ1n) is 7.89. The Labute approximate surface area is 146 Å². The Morgan fingerprint density at radius 1 is 1.42 bits per heavy atom. The molecule has 0 spiro atoms. The van der Waals surface area contributed by atoms with E-state index in [2.05, 4.69) is 0 Å². The molecule has 3 unspecified atom stereocenters. The van der Waals surface area contributed by atoms with Crippen molar-refractivity contribution in [3.63, 3.8) is 0 Å². The van der Waals surface area contributed by atoms with Crippen LogP contribution in [-0.4, -0.2) is 29.9 Å². The predicted octanol–water partition coefficient (Wildman–Crippen LogP) is 3.50. The molecule has 136 valence electrons. The Morgan fingerprint density at radius 3 is 2.62 bits per heavy atom. The van der Waals surface area contributed by atoms with Crippen LogP contribution in [0.3, 0.4) is 0 Å². The molecule has 0 radical (unpaired) electrons. The summed E-state index contributed by atoms with van der Waals surface area (Å²) in [6, 6.07) is 5.33. The Balaban J connectivity index is 0.00000288. The summed E-state index contributed by atoms with van der Waals surface area (Å²) in [5, 5.41) is 0. The number of benzene rings is 1. The van der Waals surface area contributed by atoms with Gasteiger partial charge in [0.2, 0.25) is 5.91 Å². The van der Waals surface area contributed by atoms with Crippen LogP contribution in [0.5, 0.6) is 0 Å². The largest absolute Gasteiger partial charge is 0.416 e. The molecule has 0 saturated carbocycles. The number of carbonyl (C=O) groups excluding carboxylic acids is 1. The molecule has 1 fully saturated rings. The molecule has 3 nitrogen and oxygen atoms in total. The number of likely N-dealkylation sites (tertiary alicyclic amines) is 1. The van der Waals surface area contributed by atoms with Crippen molar-refractivity contribution in [1.82, 2.24) is 4.90 Å². The fraction of sp³-hybridized carbons (Fsp3) is 0.588. The van der Waals surface area contributed by atoms with Crippen LogP contribution >= 0.6 is 12.4 Å². The van der Waals surface area contributed by atoms with Gasteiger partial charge in [-0.15, -0.1) is 12.4 Å². The first kappa shape index (κ1) is 20.8. The molecule has 2 N–H and O–H groups in total. The highest BCUT2D eigenvalue weighted by Crippen LogP contribution is 2.30. The summed E-state index contributed by atoms with van der Waals surface area (Å²) in [7, 11) is 0. The van der Waals surface area contributed by atoms with Crippen LogP contribution in [0.15, 0.2) is 24.3 Å². The molecule has 3 atom stereocenters. The second kappa shape index (κ2) is 8.21. The van der Waals surface area contributed by atoms with Crippen LogP contribution < -0.4 is 5.73 Å². The molecule has 1 aromatic carbocycles. The summed E-state index contributed by atoms with van der Waals surface area (Å²) in [4.78, 5) is 14.4. The van der Waals surface area contributed by atoms with Crippen molar-refractivity contribution in [3.8, 4) is 0 Å². The number of nitrogens with two attached hydrogens (primary N) is 1. The van der Waals surface area contributed by atoms with E-state index in [9.17, 15) is 18.0 Å². The third kappa shape index (κ3) is 4.86. The second-order valence-corrected chi connectivity index (χ2v) is 6.48. The maximum absolute atomic E-state index is 12.8. The summed E-state index contributed by atoms with van der Waals surface area (Å²) < 4.78 is 38.3. The molecular weight excluding hydrogens is 341 g/mol. The van der Waals surface area contributed by atoms with Gasteiger partial charge in [-0.1, -0.05) is 25.1 Å². The molecule has 1 aromatic rings. The van der Waals surface area contributed by atoms with Crippen molar-refractivity contribution >= 4 is 18.3 Å². The van der Waals surface area contributed by atoms with Crippen molar-refractivity contribution in [2.24, 2.45) is 17.6 Å². The molecule has 0 bridgehead atoms. The van der Waals surface area contributed by atoms with Gasteiger partial charge in [0.15, 0.2) is 0 Å². The number of halogens is 4. The van der Waals surface area contributed by atoms with Crippen molar-refractivity contribution in [2.45, 2.75) is 38.9 Å². The monoisotopic (exact) mass is 364 g/mol. The lowest BCUT2D eigenvalue weighted by Crippen LogP contribution is -2.38. The third-order valence-corrected chi connectivity index (χ3v) is 4.50. The van der Waals surface area contributed by atoms with E-state index in [0.717, 1.165) is 18.6 Å². The lowest BCUT2D eigenvalue weighted by molar-refractivity contribution is -0.137. The Hall–Kier alpha value is -1.27. The van der Waals surface area contributed by atoms with E-state index in [0.29, 0.717) is 31.0 Å². The Kier molecular flexibility index (Phi) is 7.10. The van der Waals surface area contributed by atoms with Crippen molar-refractivity contribution in [1.29, 1.82) is 0 Å². The molecule has 1 aliphatic heterocycles. The number of carbonyl (C=O) groups is 1. The fourth-order valence-corrected chi connectivity index (χ4v) is 3.22. The van der Waals surface area contributed by atoms with E-state index in [4.69, 9.17) is 5.73 Å². The minimum absolute atomic E-state index is 0. The number of alkyl halides is 3. The number of nitrogens with zero attached hydrogens (tertiary/aromatic N) is 1. The predicted molar refractivity (Wildman–Crippen MR) is 89.9 cm³/mol. The average molecular weight is 365 g/mol. The minimum atomic E-state index is -4.36. The van der Waals surface area contributed by atoms with Gasteiger partial charge in [-0.25, -0.2) is 0 Å². The zero-order chi connectivity index (χ0) is 17.2. The third-order valence-electron chi connectivity index (χ3n) is 4.50. The lowest BCUT2D eigenvalue weighted by atomic mass is 9.98. The standard InChI is InChI=1S/C17H23F3N2O.ClH/c1-11(16(23)22-10-14(9-21)7-12(22)2)6-13-4-3-5-15(8-13)17(18,19)20;/h3-5,8,11-12,14H,6-7,9-10,21H2,1-2H3;1H. The molecular formula is C17H24ClF3N2O. The molecule has 2 rings (SSSR count). The number of hydrogen-bond donors (Lipinski definition) is 1. The van der Waals surface area contributed by atoms with E-state index in [1.165, 1.54) is 6.07 Å². The molecule has 1 saturated heterocycles. The summed E-state index contributed by atoms with van der Waals surface area (Å²) >= 11 is 0. The normalized spacial score (nSPS) is 22.2. The van der Waals surface area contributed by atoms with Gasteiger partial charge in [-0.05, 0) is 43.9 Å². The number of hydrogen-bond acceptors (Lipinski definition) is 2. The number of amides is 1. The van der Waals surface area contributed by atoms with Crippen LogP contribution in [0.4, 0.5) is 13.2 Å². The zero-order valence-corrected chi connectivity index (χ0v) is 14.7. The van der Waals surface area contributed by atoms with E-state index < -0.39 is 11.7 Å². The molecule has 1 heterocycles. The first-order valence-corrected chi connectivity index (χ1v) is 7.89. The molecule has 0 aromatic heterocycles. The van der Waals surface area contributed by atoms with E-state index in [-0.39, 0.29) is 30.3 Å². The van der Waals surface area contributed by atoms with Gasteiger partial charge in [0.25, 0.3) is 0 Å². The molecule has 1 amide bonds. The quantitative estimate of drug-likeness (QED) is 0.888. The number of rotatable bonds is 4. The van der Waals surface area contributed by atoms with Crippen LogP contribution in [-0.2, 0) is 17.4 Å². The van der Waals surface area contributed by atoms with E-state index in [1.54, 1.807) is 13.0 Å². The summed E-state index contributed by atoms with van der Waals surface area (Å²) in [5.74, 6) is -0.0435. The zero-order valence-electron chi connectivity index (χ0n) is 13.8. The minimum Gasteiger partial charge on any atom is -0.339 e. The van der Waals surface area contributed by atoms with Gasteiger partial charge in [0.05, 0.1) is 5.56 Å². The van der Waals surface area contributed by atoms with Gasteiger partial charge >= 0.3 is 6.18 Å². The van der Waals surface area contributed by atoms with E-state index >= 15 is 0 Å². The summed E-state index contributed by atoms with van der Waals surface area (Å²) in [6.07, 6.45) is -3.17. The Morgan fingerprint density at radius 2 is 2.08 bits per heavy atom. The van der Waals surface area contributed by atoms with Crippen LogP contribution in [0, 0.1) is 11.8 Å². The van der Waals surface area contributed by atoms with Crippen LogP contribution in [0.2, 0.25) is 0 Å². The van der Waals surface area contributed by atoms with Crippen molar-refractivity contribution < 1.29 is 18.0 Å². The fourth-order valence-electron chi connectivity index (χ4n) is 3.22. The van der Waals surface area contributed by atoms with Crippen molar-refractivity contribution in [2.75, 3.05) is 13.1 Å². The van der Waals surface area contributed by atoms with Gasteiger partial charge in [0.1, 0.15) is 0 Å². The first-order chi connectivity index (χ1) is 10.7. The topological polar surface area (TPSA) is 46.3 Å².